The second-order valence-electron chi connectivity index (χ2n) is 8.51. The third-order valence-electron chi connectivity index (χ3n) is 4.75. The van der Waals surface area contributed by atoms with Crippen LogP contribution in [0.3, 0.4) is 0 Å². The molecule has 0 saturated carbocycles. The monoisotopic (exact) mass is 547 g/mol. The first-order chi connectivity index (χ1) is 15.5. The maximum atomic E-state index is 13.8. The Morgan fingerprint density at radius 1 is 0.970 bits per heavy atom. The van der Waals surface area contributed by atoms with Crippen molar-refractivity contribution in [3.05, 3.63) is 98.4 Å². The van der Waals surface area contributed by atoms with Crippen LogP contribution >= 0.6 is 39.1 Å². The Morgan fingerprint density at radius 2 is 1.61 bits per heavy atom. The normalized spacial score (nSPS) is 12.2. The van der Waals surface area contributed by atoms with E-state index in [1.165, 1.54) is 11.0 Å². The molecule has 1 amide bonds. The van der Waals surface area contributed by atoms with Gasteiger partial charge in [0.25, 0.3) is 5.91 Å². The van der Waals surface area contributed by atoms with Crippen molar-refractivity contribution in [1.82, 2.24) is 0 Å². The molecule has 0 radical (unpaired) electrons. The van der Waals surface area contributed by atoms with Gasteiger partial charge in [-0.2, -0.15) is 0 Å². The predicted molar refractivity (Wildman–Crippen MR) is 137 cm³/mol. The van der Waals surface area contributed by atoms with Gasteiger partial charge in [-0.3, -0.25) is 9.69 Å². The molecule has 3 aromatic rings. The third kappa shape index (κ3) is 6.83. The van der Waals surface area contributed by atoms with E-state index in [2.05, 4.69) is 15.9 Å². The number of ether oxygens (including phenoxy) is 1. The van der Waals surface area contributed by atoms with Crippen molar-refractivity contribution in [2.24, 2.45) is 0 Å². The summed E-state index contributed by atoms with van der Waals surface area (Å²) < 4.78 is 6.58. The van der Waals surface area contributed by atoms with Crippen LogP contribution < -0.4 is 4.90 Å². The van der Waals surface area contributed by atoms with Crippen LogP contribution in [0.2, 0.25) is 10.0 Å². The number of esters is 1. The van der Waals surface area contributed by atoms with Crippen molar-refractivity contribution in [2.75, 3.05) is 4.90 Å². The first kappa shape index (κ1) is 25.3. The van der Waals surface area contributed by atoms with E-state index in [4.69, 9.17) is 27.9 Å². The van der Waals surface area contributed by atoms with Gasteiger partial charge in [0.15, 0.2) is 0 Å². The molecule has 1 atom stereocenters. The molecule has 0 bridgehead atoms. The van der Waals surface area contributed by atoms with Gasteiger partial charge in [0.1, 0.15) is 11.6 Å². The van der Waals surface area contributed by atoms with E-state index >= 15 is 0 Å². The molecule has 3 aromatic carbocycles. The first-order valence-corrected chi connectivity index (χ1v) is 11.9. The molecule has 0 fully saturated rings. The van der Waals surface area contributed by atoms with Crippen LogP contribution in [0.25, 0.3) is 0 Å². The highest BCUT2D eigenvalue weighted by Gasteiger charge is 2.36. The Hall–Kier alpha value is -2.34. The van der Waals surface area contributed by atoms with Crippen LogP contribution in [0.1, 0.15) is 36.7 Å². The average molecular weight is 549 g/mol. The van der Waals surface area contributed by atoms with Gasteiger partial charge in [-0.05, 0) is 68.8 Å². The highest BCUT2D eigenvalue weighted by Crippen LogP contribution is 2.29. The molecular weight excluding hydrogens is 525 g/mol. The topological polar surface area (TPSA) is 46.6 Å². The largest absolute Gasteiger partial charge is 0.458 e. The van der Waals surface area contributed by atoms with Gasteiger partial charge in [0.2, 0.25) is 0 Å². The van der Waals surface area contributed by atoms with Crippen molar-refractivity contribution < 1.29 is 14.3 Å². The van der Waals surface area contributed by atoms with E-state index in [-0.39, 0.29) is 17.0 Å². The number of hydrogen-bond acceptors (Lipinski definition) is 3. The molecule has 4 nitrogen and oxygen atoms in total. The first-order valence-electron chi connectivity index (χ1n) is 10.4. The molecule has 0 aromatic heterocycles. The molecule has 0 heterocycles. The summed E-state index contributed by atoms with van der Waals surface area (Å²) in [7, 11) is 0. The van der Waals surface area contributed by atoms with E-state index in [1.807, 2.05) is 42.5 Å². The number of rotatable bonds is 6. The fourth-order valence-corrected chi connectivity index (χ4v) is 4.07. The standard InChI is InChI=1S/C26H24BrCl2NO3/c1-26(2,3)33-25(32)23(15-17-7-5-4-6-8-17)30(20-12-9-18(27)10-13-20)24(31)21-14-11-19(28)16-22(21)29/h4-14,16,23H,15H2,1-3H3/t23-/m0/s1. The van der Waals surface area contributed by atoms with Crippen molar-refractivity contribution in [3.8, 4) is 0 Å². The molecule has 0 saturated heterocycles. The van der Waals surface area contributed by atoms with Gasteiger partial charge >= 0.3 is 5.97 Å². The van der Waals surface area contributed by atoms with Crippen LogP contribution in [0.15, 0.2) is 77.3 Å². The smallest absolute Gasteiger partial charge is 0.330 e. The number of halogens is 3. The van der Waals surface area contributed by atoms with Gasteiger partial charge in [-0.1, -0.05) is 69.5 Å². The molecule has 0 aliphatic rings. The van der Waals surface area contributed by atoms with E-state index in [9.17, 15) is 9.59 Å². The fraction of sp³-hybridized carbons (Fsp3) is 0.231. The van der Waals surface area contributed by atoms with E-state index in [0.717, 1.165) is 10.0 Å². The van der Waals surface area contributed by atoms with Gasteiger partial charge in [0.05, 0.1) is 10.6 Å². The van der Waals surface area contributed by atoms with Crippen LogP contribution in [0.5, 0.6) is 0 Å². The van der Waals surface area contributed by atoms with Gasteiger partial charge in [-0.15, -0.1) is 0 Å². The minimum atomic E-state index is -0.924. The zero-order chi connectivity index (χ0) is 24.2. The van der Waals surface area contributed by atoms with Crippen LogP contribution in [-0.2, 0) is 16.0 Å². The molecule has 33 heavy (non-hydrogen) atoms. The quantitative estimate of drug-likeness (QED) is 0.302. The molecule has 3 rings (SSSR count). The van der Waals surface area contributed by atoms with E-state index < -0.39 is 23.5 Å². The Balaban J connectivity index is 2.14. The van der Waals surface area contributed by atoms with Crippen molar-refractivity contribution in [2.45, 2.75) is 38.8 Å². The zero-order valence-corrected chi connectivity index (χ0v) is 21.6. The predicted octanol–water partition coefficient (Wildman–Crippen LogP) is 7.36. The number of carbonyl (C=O) groups is 2. The lowest BCUT2D eigenvalue weighted by Crippen LogP contribution is -2.49. The van der Waals surface area contributed by atoms with E-state index in [0.29, 0.717) is 10.7 Å². The van der Waals surface area contributed by atoms with Gasteiger partial charge < -0.3 is 4.74 Å². The van der Waals surface area contributed by atoms with E-state index in [1.54, 1.807) is 45.0 Å². The van der Waals surface area contributed by atoms with Crippen LogP contribution in [0, 0.1) is 0 Å². The SMILES string of the molecule is CC(C)(C)OC(=O)[C@H](Cc1ccccc1)N(C(=O)c1ccc(Cl)cc1Cl)c1ccc(Br)cc1. The Morgan fingerprint density at radius 3 is 2.18 bits per heavy atom. The highest BCUT2D eigenvalue weighted by molar-refractivity contribution is 9.10. The molecule has 7 heteroatoms. The maximum absolute atomic E-state index is 13.8. The third-order valence-corrected chi connectivity index (χ3v) is 5.82. The molecule has 0 aliphatic carbocycles. The summed E-state index contributed by atoms with van der Waals surface area (Å²) in [6, 6.07) is 20.4. The summed E-state index contributed by atoms with van der Waals surface area (Å²) in [4.78, 5) is 28.7. The van der Waals surface area contributed by atoms with Gasteiger partial charge in [-0.25, -0.2) is 4.79 Å². The lowest BCUT2D eigenvalue weighted by Gasteiger charge is -2.33. The summed E-state index contributed by atoms with van der Waals surface area (Å²) in [6.07, 6.45) is 0.267. The fourth-order valence-electron chi connectivity index (χ4n) is 3.32. The molecule has 172 valence electrons. The minimum absolute atomic E-state index is 0.206. The Kier molecular flexibility index (Phi) is 8.22. The molecule has 0 spiro atoms. The minimum Gasteiger partial charge on any atom is -0.458 e. The Labute approximate surface area is 212 Å². The number of carbonyl (C=O) groups excluding carboxylic acids is 2. The molecular formula is C26H24BrCl2NO3. The second-order valence-corrected chi connectivity index (χ2v) is 10.3. The number of hydrogen-bond donors (Lipinski definition) is 0. The Bertz CT molecular complexity index is 1130. The van der Waals surface area contributed by atoms with Crippen molar-refractivity contribution in [1.29, 1.82) is 0 Å². The molecule has 0 unspecified atom stereocenters. The molecule has 0 N–H and O–H groups in total. The zero-order valence-electron chi connectivity index (χ0n) is 18.5. The van der Waals surface area contributed by atoms with Crippen LogP contribution in [0.4, 0.5) is 5.69 Å². The summed E-state index contributed by atoms with van der Waals surface area (Å²) in [5.41, 5.74) is 0.954. The van der Waals surface area contributed by atoms with Crippen molar-refractivity contribution >= 4 is 56.7 Å². The second kappa shape index (κ2) is 10.7. The summed E-state index contributed by atoms with van der Waals surface area (Å²) in [5.74, 6) is -0.932. The maximum Gasteiger partial charge on any atom is 0.330 e. The van der Waals surface area contributed by atoms with Gasteiger partial charge in [0, 0.05) is 21.6 Å². The lowest BCUT2D eigenvalue weighted by molar-refractivity contribution is -0.156. The number of benzene rings is 3. The number of amides is 1. The summed E-state index contributed by atoms with van der Waals surface area (Å²) in [6.45, 7) is 5.39. The number of anilines is 1. The highest BCUT2D eigenvalue weighted by atomic mass is 79.9. The van der Waals surface area contributed by atoms with Crippen LogP contribution in [-0.4, -0.2) is 23.5 Å². The lowest BCUT2D eigenvalue weighted by atomic mass is 10.0. The molecule has 0 aliphatic heterocycles. The summed E-state index contributed by atoms with van der Waals surface area (Å²) in [5, 5.41) is 0.622. The average Bonchev–Trinajstić information content (AvgIpc) is 2.74. The van der Waals surface area contributed by atoms with Crippen molar-refractivity contribution in [3.63, 3.8) is 0 Å². The number of nitrogens with zero attached hydrogens (tertiary/aromatic N) is 1. The summed E-state index contributed by atoms with van der Waals surface area (Å²) >= 11 is 15.8.